The number of nitrogen functional groups attached to an aromatic ring is 1. The van der Waals surface area contributed by atoms with Crippen molar-refractivity contribution in [3.05, 3.63) is 18.0 Å². The van der Waals surface area contributed by atoms with Crippen LogP contribution in [-0.2, 0) is 11.3 Å². The number of carbonyl (C=O) groups is 1. The van der Waals surface area contributed by atoms with Crippen molar-refractivity contribution in [1.29, 1.82) is 0 Å². The van der Waals surface area contributed by atoms with Crippen molar-refractivity contribution in [3.63, 3.8) is 0 Å². The van der Waals surface area contributed by atoms with Gasteiger partial charge in [-0.05, 0) is 26.8 Å². The maximum Gasteiger partial charge on any atom is 0.270 e. The predicted octanol–water partition coefficient (Wildman–Crippen LogP) is 1.59. The van der Waals surface area contributed by atoms with E-state index in [0.29, 0.717) is 24.5 Å². The Kier molecular flexibility index (Phi) is 5.22. The van der Waals surface area contributed by atoms with E-state index in [1.54, 1.807) is 24.3 Å². The zero-order valence-electron chi connectivity index (χ0n) is 11.6. The Morgan fingerprint density at radius 1 is 1.56 bits per heavy atom. The lowest BCUT2D eigenvalue weighted by molar-refractivity contribution is 0.0569. The first-order valence-electron chi connectivity index (χ1n) is 6.30. The average molecular weight is 253 g/mol. The molecule has 0 aliphatic rings. The third kappa shape index (κ3) is 3.04. The van der Waals surface area contributed by atoms with E-state index in [9.17, 15) is 4.79 Å². The number of hydrogen-bond acceptors (Lipinski definition) is 3. The van der Waals surface area contributed by atoms with Gasteiger partial charge in [-0.25, -0.2) is 0 Å². The van der Waals surface area contributed by atoms with E-state index < -0.39 is 0 Å². The first kappa shape index (κ1) is 14.6. The molecule has 18 heavy (non-hydrogen) atoms. The number of nitrogens with zero attached hydrogens (tertiary/aromatic N) is 2. The Morgan fingerprint density at radius 2 is 2.22 bits per heavy atom. The average Bonchev–Trinajstić information content (AvgIpc) is 2.71. The molecule has 0 bridgehead atoms. The molecule has 0 aliphatic carbocycles. The Labute approximate surface area is 109 Å². The highest BCUT2D eigenvalue weighted by atomic mass is 16.5. The molecule has 1 aromatic heterocycles. The van der Waals surface area contributed by atoms with Crippen molar-refractivity contribution in [2.45, 2.75) is 33.4 Å². The monoisotopic (exact) mass is 253 g/mol. The third-order valence-corrected chi connectivity index (χ3v) is 3.02. The van der Waals surface area contributed by atoms with Gasteiger partial charge in [-0.2, -0.15) is 0 Å². The van der Waals surface area contributed by atoms with Crippen LogP contribution in [0, 0.1) is 0 Å². The summed E-state index contributed by atoms with van der Waals surface area (Å²) in [5.41, 5.74) is 7.01. The van der Waals surface area contributed by atoms with Crippen molar-refractivity contribution < 1.29 is 9.53 Å². The van der Waals surface area contributed by atoms with E-state index in [4.69, 9.17) is 10.5 Å². The van der Waals surface area contributed by atoms with E-state index in [2.05, 4.69) is 0 Å². The van der Waals surface area contributed by atoms with E-state index in [1.807, 2.05) is 25.3 Å². The van der Waals surface area contributed by atoms with Gasteiger partial charge in [0.05, 0.1) is 18.3 Å². The summed E-state index contributed by atoms with van der Waals surface area (Å²) >= 11 is 0. The number of ether oxygens (including phenoxy) is 1. The molecule has 0 saturated heterocycles. The van der Waals surface area contributed by atoms with Gasteiger partial charge in [-0.3, -0.25) is 4.79 Å². The largest absolute Gasteiger partial charge is 0.397 e. The van der Waals surface area contributed by atoms with Crippen LogP contribution in [0.25, 0.3) is 0 Å². The number of rotatable bonds is 6. The van der Waals surface area contributed by atoms with Gasteiger partial charge >= 0.3 is 0 Å². The normalized spacial score (nSPS) is 12.4. The molecule has 0 fully saturated rings. The molecule has 1 aromatic rings. The van der Waals surface area contributed by atoms with Gasteiger partial charge in [0.15, 0.2) is 0 Å². The molecule has 2 N–H and O–H groups in total. The number of anilines is 1. The van der Waals surface area contributed by atoms with Crippen molar-refractivity contribution in [2.24, 2.45) is 0 Å². The van der Waals surface area contributed by atoms with E-state index in [-0.39, 0.29) is 11.9 Å². The summed E-state index contributed by atoms with van der Waals surface area (Å²) < 4.78 is 6.98. The quantitative estimate of drug-likeness (QED) is 0.837. The third-order valence-electron chi connectivity index (χ3n) is 3.02. The highest BCUT2D eigenvalue weighted by molar-refractivity contribution is 5.94. The minimum atomic E-state index is 0.000556. The van der Waals surface area contributed by atoms with Crippen LogP contribution in [0.5, 0.6) is 0 Å². The second-order valence-electron chi connectivity index (χ2n) is 4.34. The molecule has 0 aromatic carbocycles. The second-order valence-corrected chi connectivity index (χ2v) is 4.34. The lowest BCUT2D eigenvalue weighted by Gasteiger charge is -2.27. The lowest BCUT2D eigenvalue weighted by Crippen LogP contribution is -2.41. The van der Waals surface area contributed by atoms with Crippen LogP contribution in [0.3, 0.4) is 0 Å². The van der Waals surface area contributed by atoms with Crippen molar-refractivity contribution in [2.75, 3.05) is 26.0 Å². The molecular weight excluding hydrogens is 230 g/mol. The van der Waals surface area contributed by atoms with Gasteiger partial charge in [-0.1, -0.05) is 0 Å². The highest BCUT2D eigenvalue weighted by Gasteiger charge is 2.22. The van der Waals surface area contributed by atoms with Crippen molar-refractivity contribution >= 4 is 11.6 Å². The minimum absolute atomic E-state index is 0.000556. The number of aromatic nitrogens is 1. The Morgan fingerprint density at radius 3 is 2.72 bits per heavy atom. The first-order valence-corrected chi connectivity index (χ1v) is 6.30. The van der Waals surface area contributed by atoms with Crippen LogP contribution in [0.1, 0.15) is 31.3 Å². The van der Waals surface area contributed by atoms with Gasteiger partial charge in [0.25, 0.3) is 5.91 Å². The zero-order chi connectivity index (χ0) is 13.7. The van der Waals surface area contributed by atoms with E-state index in [0.717, 1.165) is 6.54 Å². The fourth-order valence-electron chi connectivity index (χ4n) is 2.11. The van der Waals surface area contributed by atoms with E-state index >= 15 is 0 Å². The summed E-state index contributed by atoms with van der Waals surface area (Å²) in [4.78, 5) is 14.3. The summed E-state index contributed by atoms with van der Waals surface area (Å²) in [6, 6.07) is 1.78. The Hall–Kier alpha value is -1.49. The molecule has 1 heterocycles. The zero-order valence-corrected chi connectivity index (χ0v) is 11.6. The van der Waals surface area contributed by atoms with Crippen LogP contribution >= 0.6 is 0 Å². The fraction of sp³-hybridized carbons (Fsp3) is 0.615. The molecule has 5 heteroatoms. The number of nitrogens with two attached hydrogens (primary N) is 1. The van der Waals surface area contributed by atoms with Gasteiger partial charge in [0.1, 0.15) is 5.69 Å². The first-order chi connectivity index (χ1) is 8.54. The van der Waals surface area contributed by atoms with Gasteiger partial charge in [0.2, 0.25) is 0 Å². The van der Waals surface area contributed by atoms with E-state index in [1.165, 1.54) is 0 Å². The number of amides is 1. The molecule has 1 atom stereocenters. The van der Waals surface area contributed by atoms with Crippen LogP contribution in [0.15, 0.2) is 12.3 Å². The molecule has 0 aliphatic heterocycles. The molecule has 1 rings (SSSR count). The molecule has 1 amide bonds. The summed E-state index contributed by atoms with van der Waals surface area (Å²) in [6.45, 7) is 7.85. The molecular formula is C13H23N3O2. The summed E-state index contributed by atoms with van der Waals surface area (Å²) in [5, 5.41) is 0. The molecule has 0 saturated carbocycles. The molecule has 0 spiro atoms. The number of likely N-dealkylation sites (N-methyl/N-ethyl adjacent to an activating group) is 1. The molecule has 5 nitrogen and oxygen atoms in total. The number of hydrogen-bond donors (Lipinski definition) is 1. The second kappa shape index (κ2) is 6.44. The van der Waals surface area contributed by atoms with Gasteiger partial charge in [0, 0.05) is 26.4 Å². The predicted molar refractivity (Wildman–Crippen MR) is 72.6 cm³/mol. The van der Waals surface area contributed by atoms with Gasteiger partial charge < -0.3 is 19.9 Å². The van der Waals surface area contributed by atoms with Crippen molar-refractivity contribution in [1.82, 2.24) is 9.47 Å². The van der Waals surface area contributed by atoms with Crippen molar-refractivity contribution in [3.8, 4) is 0 Å². The lowest BCUT2D eigenvalue weighted by atomic mass is 10.2. The minimum Gasteiger partial charge on any atom is -0.397 e. The summed E-state index contributed by atoms with van der Waals surface area (Å²) in [7, 11) is 1.64. The van der Waals surface area contributed by atoms with Gasteiger partial charge in [-0.15, -0.1) is 0 Å². The number of carbonyl (C=O) groups excluding carboxylic acids is 1. The standard InChI is InChI=1S/C13H23N3O2/c1-5-15-8-11(14)7-12(15)13(17)16(6-2)10(3)9-18-4/h7-8,10H,5-6,9,14H2,1-4H3. The van der Waals surface area contributed by atoms with Crippen LogP contribution in [0.4, 0.5) is 5.69 Å². The summed E-state index contributed by atoms with van der Waals surface area (Å²) in [5.74, 6) is 0.000556. The maximum absolute atomic E-state index is 12.5. The molecule has 0 radical (unpaired) electrons. The number of aryl methyl sites for hydroxylation is 1. The summed E-state index contributed by atoms with van der Waals surface area (Å²) in [6.07, 6.45) is 1.79. The fourth-order valence-corrected chi connectivity index (χ4v) is 2.11. The Bertz CT molecular complexity index is 401. The SMILES string of the molecule is CCN(C(=O)c1cc(N)cn1CC)C(C)COC. The smallest absolute Gasteiger partial charge is 0.270 e. The molecule has 102 valence electrons. The van der Waals surface area contributed by atoms with Crippen LogP contribution in [0.2, 0.25) is 0 Å². The van der Waals surface area contributed by atoms with Crippen LogP contribution in [-0.4, -0.2) is 41.7 Å². The van der Waals surface area contributed by atoms with Crippen LogP contribution < -0.4 is 5.73 Å². The Balaban J connectivity index is 2.95. The number of methoxy groups -OCH3 is 1. The topological polar surface area (TPSA) is 60.5 Å². The maximum atomic E-state index is 12.5. The highest BCUT2D eigenvalue weighted by Crippen LogP contribution is 2.15. The molecule has 1 unspecified atom stereocenters.